The van der Waals surface area contributed by atoms with Gasteiger partial charge in [0.05, 0.1) is 0 Å². The van der Waals surface area contributed by atoms with Crippen molar-refractivity contribution in [1.29, 1.82) is 0 Å². The van der Waals surface area contributed by atoms with Crippen molar-refractivity contribution in [2.24, 2.45) is 0 Å². The van der Waals surface area contributed by atoms with Gasteiger partial charge in [-0.1, -0.05) is 24.1 Å². The molecule has 1 atom stereocenters. The van der Waals surface area contributed by atoms with E-state index >= 15 is 0 Å². The average molecular weight is 214 g/mol. The van der Waals surface area contributed by atoms with Gasteiger partial charge >= 0.3 is 0 Å². The summed E-state index contributed by atoms with van der Waals surface area (Å²) in [6.07, 6.45) is 3.37. The van der Waals surface area contributed by atoms with Crippen LogP contribution in [0.4, 0.5) is 4.39 Å². The molecule has 1 aliphatic heterocycles. The highest BCUT2D eigenvalue weighted by molar-refractivity contribution is 6.30. The summed E-state index contributed by atoms with van der Waals surface area (Å²) in [4.78, 5) is 0. The Hall–Kier alpha value is -0.600. The van der Waals surface area contributed by atoms with Crippen LogP contribution in [0.3, 0.4) is 0 Å². The molecule has 0 unspecified atom stereocenters. The molecule has 1 heterocycles. The van der Waals surface area contributed by atoms with Crippen LogP contribution in [-0.4, -0.2) is 6.54 Å². The van der Waals surface area contributed by atoms with E-state index in [1.165, 1.54) is 18.9 Å². The highest BCUT2D eigenvalue weighted by Crippen LogP contribution is 2.26. The van der Waals surface area contributed by atoms with Gasteiger partial charge in [0.2, 0.25) is 0 Å². The fourth-order valence-electron chi connectivity index (χ4n) is 1.90. The molecule has 1 aliphatic rings. The fourth-order valence-corrected chi connectivity index (χ4v) is 2.06. The van der Waals surface area contributed by atoms with Crippen LogP contribution >= 0.6 is 11.6 Å². The predicted molar refractivity (Wildman–Crippen MR) is 56.0 cm³/mol. The van der Waals surface area contributed by atoms with Crippen molar-refractivity contribution in [3.63, 3.8) is 0 Å². The minimum atomic E-state index is -0.197. The second-order valence-corrected chi connectivity index (χ2v) is 4.10. The third-order valence-electron chi connectivity index (χ3n) is 2.65. The third-order valence-corrected chi connectivity index (χ3v) is 2.88. The SMILES string of the molecule is Fc1cc(Cl)ccc1[C@H]1CCCCN1. The molecule has 0 aromatic heterocycles. The van der Waals surface area contributed by atoms with Crippen molar-refractivity contribution in [3.05, 3.63) is 34.6 Å². The van der Waals surface area contributed by atoms with E-state index in [4.69, 9.17) is 11.6 Å². The molecule has 14 heavy (non-hydrogen) atoms. The van der Waals surface area contributed by atoms with Crippen molar-refractivity contribution >= 4 is 11.6 Å². The van der Waals surface area contributed by atoms with Gasteiger partial charge in [0.15, 0.2) is 0 Å². The normalized spacial score (nSPS) is 22.3. The molecule has 1 nitrogen and oxygen atoms in total. The van der Waals surface area contributed by atoms with Gasteiger partial charge in [0, 0.05) is 16.6 Å². The zero-order chi connectivity index (χ0) is 9.97. The van der Waals surface area contributed by atoms with Crippen molar-refractivity contribution in [2.75, 3.05) is 6.54 Å². The molecule has 1 fully saturated rings. The number of rotatable bonds is 1. The van der Waals surface area contributed by atoms with Gasteiger partial charge in [0.1, 0.15) is 5.82 Å². The summed E-state index contributed by atoms with van der Waals surface area (Å²) in [6.45, 7) is 0.979. The number of piperidine rings is 1. The van der Waals surface area contributed by atoms with Gasteiger partial charge < -0.3 is 5.32 Å². The molecule has 0 amide bonds. The maximum atomic E-state index is 13.5. The van der Waals surface area contributed by atoms with Gasteiger partial charge in [-0.25, -0.2) is 4.39 Å². The van der Waals surface area contributed by atoms with E-state index in [1.54, 1.807) is 12.1 Å². The van der Waals surface area contributed by atoms with Crippen molar-refractivity contribution in [1.82, 2.24) is 5.32 Å². The highest BCUT2D eigenvalue weighted by Gasteiger charge is 2.17. The number of benzene rings is 1. The Bertz CT molecular complexity index is 321. The van der Waals surface area contributed by atoms with Gasteiger partial charge in [-0.15, -0.1) is 0 Å². The minimum absolute atomic E-state index is 0.168. The van der Waals surface area contributed by atoms with E-state index in [2.05, 4.69) is 5.32 Å². The van der Waals surface area contributed by atoms with E-state index < -0.39 is 0 Å². The van der Waals surface area contributed by atoms with Gasteiger partial charge in [-0.3, -0.25) is 0 Å². The number of halogens is 2. The van der Waals surface area contributed by atoms with Crippen LogP contribution in [0.1, 0.15) is 30.9 Å². The lowest BCUT2D eigenvalue weighted by molar-refractivity contribution is 0.400. The summed E-state index contributed by atoms with van der Waals surface area (Å²) in [7, 11) is 0. The Labute approximate surface area is 88.3 Å². The summed E-state index contributed by atoms with van der Waals surface area (Å²) >= 11 is 5.70. The monoisotopic (exact) mass is 213 g/mol. The van der Waals surface area contributed by atoms with E-state index in [9.17, 15) is 4.39 Å². The molecular formula is C11H13ClFN. The zero-order valence-electron chi connectivity index (χ0n) is 7.89. The second kappa shape index (κ2) is 4.28. The number of hydrogen-bond donors (Lipinski definition) is 1. The molecule has 76 valence electrons. The van der Waals surface area contributed by atoms with E-state index in [-0.39, 0.29) is 11.9 Å². The van der Waals surface area contributed by atoms with Gasteiger partial charge in [-0.2, -0.15) is 0 Å². The lowest BCUT2D eigenvalue weighted by atomic mass is 9.97. The Morgan fingerprint density at radius 3 is 2.86 bits per heavy atom. The maximum absolute atomic E-state index is 13.5. The smallest absolute Gasteiger partial charge is 0.129 e. The largest absolute Gasteiger partial charge is 0.310 e. The van der Waals surface area contributed by atoms with Gasteiger partial charge in [-0.05, 0) is 31.5 Å². The van der Waals surface area contributed by atoms with Crippen LogP contribution in [0.5, 0.6) is 0 Å². The Kier molecular flexibility index (Phi) is 3.04. The molecule has 0 radical (unpaired) electrons. The first-order valence-corrected chi connectivity index (χ1v) is 5.33. The summed E-state index contributed by atoms with van der Waals surface area (Å²) < 4.78 is 13.5. The molecule has 3 heteroatoms. The molecule has 0 aliphatic carbocycles. The van der Waals surface area contributed by atoms with Crippen LogP contribution < -0.4 is 5.32 Å². The quantitative estimate of drug-likeness (QED) is 0.755. The lowest BCUT2D eigenvalue weighted by Crippen LogP contribution is -2.27. The molecule has 2 rings (SSSR count). The highest BCUT2D eigenvalue weighted by atomic mass is 35.5. The lowest BCUT2D eigenvalue weighted by Gasteiger charge is -2.24. The first-order chi connectivity index (χ1) is 6.77. The minimum Gasteiger partial charge on any atom is -0.310 e. The van der Waals surface area contributed by atoms with Crippen LogP contribution in [0.15, 0.2) is 18.2 Å². The first kappa shape index (κ1) is 9.94. The molecule has 1 aromatic carbocycles. The second-order valence-electron chi connectivity index (χ2n) is 3.67. The topological polar surface area (TPSA) is 12.0 Å². The Morgan fingerprint density at radius 1 is 1.36 bits per heavy atom. The number of hydrogen-bond acceptors (Lipinski definition) is 1. The summed E-state index contributed by atoms with van der Waals surface area (Å²) in [5.41, 5.74) is 0.745. The van der Waals surface area contributed by atoms with Gasteiger partial charge in [0.25, 0.3) is 0 Å². The van der Waals surface area contributed by atoms with Crippen molar-refractivity contribution < 1.29 is 4.39 Å². The molecule has 0 bridgehead atoms. The molecule has 1 N–H and O–H groups in total. The zero-order valence-corrected chi connectivity index (χ0v) is 8.65. The third kappa shape index (κ3) is 2.07. The molecule has 1 aromatic rings. The maximum Gasteiger partial charge on any atom is 0.129 e. The molecule has 1 saturated heterocycles. The molecular weight excluding hydrogens is 201 g/mol. The summed E-state index contributed by atoms with van der Waals surface area (Å²) in [6, 6.07) is 5.07. The summed E-state index contributed by atoms with van der Waals surface area (Å²) in [5, 5.41) is 3.77. The molecule has 0 saturated carbocycles. The van der Waals surface area contributed by atoms with E-state index in [1.807, 2.05) is 0 Å². The van der Waals surface area contributed by atoms with Crippen LogP contribution in [0.2, 0.25) is 5.02 Å². The standard InChI is InChI=1S/C11H13ClFN/c12-8-4-5-9(10(13)7-8)11-3-1-2-6-14-11/h4-5,7,11,14H,1-3,6H2/t11-/m1/s1. The van der Waals surface area contributed by atoms with Crippen molar-refractivity contribution in [2.45, 2.75) is 25.3 Å². The number of nitrogens with one attached hydrogen (secondary N) is 1. The average Bonchev–Trinajstić information content (AvgIpc) is 2.19. The van der Waals surface area contributed by atoms with Crippen molar-refractivity contribution in [3.8, 4) is 0 Å². The van der Waals surface area contributed by atoms with E-state index in [0.29, 0.717) is 5.02 Å². The summed E-state index contributed by atoms with van der Waals surface area (Å²) in [5.74, 6) is -0.197. The fraction of sp³-hybridized carbons (Fsp3) is 0.455. The predicted octanol–water partition coefficient (Wildman–Crippen LogP) is 3.29. The molecule has 0 spiro atoms. The first-order valence-electron chi connectivity index (χ1n) is 4.96. The van der Waals surface area contributed by atoms with Crippen LogP contribution in [0, 0.1) is 5.82 Å². The van der Waals surface area contributed by atoms with E-state index in [0.717, 1.165) is 18.5 Å². The Morgan fingerprint density at radius 2 is 2.21 bits per heavy atom. The van der Waals surface area contributed by atoms with Crippen LogP contribution in [0.25, 0.3) is 0 Å². The van der Waals surface area contributed by atoms with Crippen LogP contribution in [-0.2, 0) is 0 Å². The Balaban J connectivity index is 2.22.